The predicted octanol–water partition coefficient (Wildman–Crippen LogP) is 1.06. The predicted molar refractivity (Wildman–Crippen MR) is 74.9 cm³/mol. The summed E-state index contributed by atoms with van der Waals surface area (Å²) in [6.45, 7) is 1.43. The van der Waals surface area contributed by atoms with Gasteiger partial charge < -0.3 is 14.9 Å². The lowest BCUT2D eigenvalue weighted by Crippen LogP contribution is -2.19. The van der Waals surface area contributed by atoms with Crippen molar-refractivity contribution >= 4 is 28.8 Å². The number of carbonyl (C=O) groups is 3. The average Bonchev–Trinajstić information content (AvgIpc) is 2.72. The van der Waals surface area contributed by atoms with Gasteiger partial charge in [-0.15, -0.1) is 0 Å². The molecule has 0 aliphatic carbocycles. The van der Waals surface area contributed by atoms with Gasteiger partial charge in [-0.2, -0.15) is 0 Å². The van der Waals surface area contributed by atoms with E-state index in [0.717, 1.165) is 11.8 Å². The molecule has 1 aromatic rings. The lowest BCUT2D eigenvalue weighted by molar-refractivity contribution is -0.109. The highest BCUT2D eigenvalue weighted by Crippen LogP contribution is 2.26. The zero-order valence-corrected chi connectivity index (χ0v) is 12.1. The molecule has 0 spiro atoms. The number of aliphatic hydroxyl groups excluding tert-OH is 2. The molecule has 6 nitrogen and oxygen atoms in total. The first-order valence-electron chi connectivity index (χ1n) is 6.30. The molecule has 2 N–H and O–H groups in total. The number of hydrogen-bond acceptors (Lipinski definition) is 7. The van der Waals surface area contributed by atoms with Crippen LogP contribution >= 0.6 is 11.8 Å². The molecule has 1 aliphatic rings. The van der Waals surface area contributed by atoms with Gasteiger partial charge >= 0.3 is 11.9 Å². The van der Waals surface area contributed by atoms with Crippen molar-refractivity contribution in [2.75, 3.05) is 5.75 Å². The van der Waals surface area contributed by atoms with E-state index in [2.05, 4.69) is 4.74 Å². The summed E-state index contributed by atoms with van der Waals surface area (Å²) < 4.78 is 4.46. The van der Waals surface area contributed by atoms with E-state index in [-0.39, 0.29) is 22.7 Å². The number of fused-ring (bicyclic) bond motifs is 1. The SMILES string of the molecule is CC(=O)SCCC(O)C(O)c1ccc2c(c1)C(=O)OC2=O. The highest BCUT2D eigenvalue weighted by molar-refractivity contribution is 8.13. The third-order valence-corrected chi connectivity index (χ3v) is 3.94. The molecule has 2 rings (SSSR count). The summed E-state index contributed by atoms with van der Waals surface area (Å²) in [5.74, 6) is -1.08. The maximum absolute atomic E-state index is 11.4. The van der Waals surface area contributed by atoms with Crippen LogP contribution in [-0.2, 0) is 9.53 Å². The van der Waals surface area contributed by atoms with Crippen molar-refractivity contribution < 1.29 is 29.3 Å². The topological polar surface area (TPSA) is 101 Å². The minimum Gasteiger partial charge on any atom is -0.390 e. The van der Waals surface area contributed by atoms with Gasteiger partial charge in [-0.25, -0.2) is 9.59 Å². The first kappa shape index (κ1) is 15.7. The van der Waals surface area contributed by atoms with Gasteiger partial charge in [-0.3, -0.25) is 4.79 Å². The van der Waals surface area contributed by atoms with E-state index in [4.69, 9.17) is 0 Å². The quantitative estimate of drug-likeness (QED) is 0.619. The minimum absolute atomic E-state index is 0.0597. The Kier molecular flexibility index (Phi) is 4.76. The maximum Gasteiger partial charge on any atom is 0.346 e. The fraction of sp³-hybridized carbons (Fsp3) is 0.357. The molecule has 0 saturated heterocycles. The van der Waals surface area contributed by atoms with Crippen LogP contribution in [0.5, 0.6) is 0 Å². The number of thioether (sulfide) groups is 1. The summed E-state index contributed by atoms with van der Waals surface area (Å²) in [6.07, 6.45) is -2.04. The van der Waals surface area contributed by atoms with Crippen molar-refractivity contribution in [3.8, 4) is 0 Å². The molecular formula is C14H14O6S. The standard InChI is InChI=1S/C14H14O6S/c1-7(15)21-5-4-11(16)12(17)8-2-3-9-10(6-8)14(19)20-13(9)18/h2-3,6,11-12,16-17H,4-5H2,1H3. The third kappa shape index (κ3) is 3.49. The number of rotatable bonds is 5. The van der Waals surface area contributed by atoms with Gasteiger partial charge in [0.25, 0.3) is 0 Å². The number of cyclic esters (lactones) is 2. The second-order valence-corrected chi connectivity index (χ2v) is 5.89. The van der Waals surface area contributed by atoms with Crippen LogP contribution < -0.4 is 0 Å². The Morgan fingerprint density at radius 2 is 1.90 bits per heavy atom. The largest absolute Gasteiger partial charge is 0.390 e. The Balaban J connectivity index is 2.08. The molecule has 2 atom stereocenters. The van der Waals surface area contributed by atoms with Crippen LogP contribution in [-0.4, -0.2) is 39.1 Å². The molecule has 0 amide bonds. The van der Waals surface area contributed by atoms with Gasteiger partial charge in [0.2, 0.25) is 0 Å². The number of ether oxygens (including phenoxy) is 1. The highest BCUT2D eigenvalue weighted by atomic mass is 32.2. The monoisotopic (exact) mass is 310 g/mol. The number of esters is 2. The fourth-order valence-corrected chi connectivity index (χ4v) is 2.64. The van der Waals surface area contributed by atoms with Crippen molar-refractivity contribution in [2.24, 2.45) is 0 Å². The number of aliphatic hydroxyl groups is 2. The second kappa shape index (κ2) is 6.38. The normalized spacial score (nSPS) is 16.3. The molecule has 112 valence electrons. The summed E-state index contributed by atoms with van der Waals surface area (Å²) >= 11 is 1.06. The smallest absolute Gasteiger partial charge is 0.346 e. The average molecular weight is 310 g/mol. The third-order valence-electron chi connectivity index (χ3n) is 3.09. The van der Waals surface area contributed by atoms with Gasteiger partial charge in [-0.05, 0) is 24.1 Å². The van der Waals surface area contributed by atoms with Crippen LogP contribution in [0.2, 0.25) is 0 Å². The molecule has 1 aliphatic heterocycles. The Hall–Kier alpha value is -1.70. The molecular weight excluding hydrogens is 296 g/mol. The van der Waals surface area contributed by atoms with E-state index in [9.17, 15) is 24.6 Å². The fourth-order valence-electron chi connectivity index (χ4n) is 1.99. The van der Waals surface area contributed by atoms with Crippen molar-refractivity contribution in [1.29, 1.82) is 0 Å². The molecule has 0 aromatic heterocycles. The molecule has 1 heterocycles. The van der Waals surface area contributed by atoms with Crippen LogP contribution in [0.15, 0.2) is 18.2 Å². The molecule has 7 heteroatoms. The maximum atomic E-state index is 11.4. The number of hydrogen-bond donors (Lipinski definition) is 2. The van der Waals surface area contributed by atoms with Crippen LogP contribution in [0.3, 0.4) is 0 Å². The highest BCUT2D eigenvalue weighted by Gasteiger charge is 2.31. The van der Waals surface area contributed by atoms with Gasteiger partial charge in [0.15, 0.2) is 5.12 Å². The van der Waals surface area contributed by atoms with Gasteiger partial charge in [-0.1, -0.05) is 17.8 Å². The van der Waals surface area contributed by atoms with E-state index < -0.39 is 24.1 Å². The van der Waals surface area contributed by atoms with Gasteiger partial charge in [0.05, 0.1) is 17.2 Å². The lowest BCUT2D eigenvalue weighted by atomic mass is 9.98. The Labute approximate surface area is 125 Å². The zero-order valence-electron chi connectivity index (χ0n) is 11.2. The molecule has 0 fully saturated rings. The van der Waals surface area contributed by atoms with Crippen molar-refractivity contribution in [2.45, 2.75) is 25.6 Å². The molecule has 0 radical (unpaired) electrons. The first-order valence-corrected chi connectivity index (χ1v) is 7.28. The van der Waals surface area contributed by atoms with Crippen LogP contribution in [0.1, 0.15) is 45.7 Å². The van der Waals surface area contributed by atoms with Crippen molar-refractivity contribution in [3.63, 3.8) is 0 Å². The Bertz CT molecular complexity index is 597. The number of benzene rings is 1. The molecule has 2 unspecified atom stereocenters. The molecule has 1 aromatic carbocycles. The molecule has 0 saturated carbocycles. The first-order chi connectivity index (χ1) is 9.90. The Morgan fingerprint density at radius 3 is 2.57 bits per heavy atom. The Morgan fingerprint density at radius 1 is 1.24 bits per heavy atom. The summed E-state index contributed by atoms with van der Waals surface area (Å²) in [7, 11) is 0. The second-order valence-electron chi connectivity index (χ2n) is 4.62. The van der Waals surface area contributed by atoms with Crippen LogP contribution in [0.25, 0.3) is 0 Å². The van der Waals surface area contributed by atoms with Crippen molar-refractivity contribution in [1.82, 2.24) is 0 Å². The molecule has 0 bridgehead atoms. The van der Waals surface area contributed by atoms with E-state index in [0.29, 0.717) is 11.3 Å². The van der Waals surface area contributed by atoms with E-state index in [1.165, 1.54) is 25.1 Å². The summed E-state index contributed by atoms with van der Waals surface area (Å²) in [4.78, 5) is 33.5. The van der Waals surface area contributed by atoms with Gasteiger partial charge in [0, 0.05) is 12.7 Å². The summed E-state index contributed by atoms with van der Waals surface area (Å²) in [6, 6.07) is 4.19. The summed E-state index contributed by atoms with van der Waals surface area (Å²) in [5, 5.41) is 19.9. The lowest BCUT2D eigenvalue weighted by Gasteiger charge is -2.18. The van der Waals surface area contributed by atoms with Crippen LogP contribution in [0.4, 0.5) is 0 Å². The van der Waals surface area contributed by atoms with E-state index in [1.54, 1.807) is 0 Å². The van der Waals surface area contributed by atoms with E-state index >= 15 is 0 Å². The van der Waals surface area contributed by atoms with Gasteiger partial charge in [0.1, 0.15) is 6.10 Å². The number of carbonyl (C=O) groups excluding carboxylic acids is 3. The minimum atomic E-state index is -1.20. The van der Waals surface area contributed by atoms with Crippen LogP contribution in [0, 0.1) is 0 Å². The summed E-state index contributed by atoms with van der Waals surface area (Å²) in [5.41, 5.74) is 0.556. The van der Waals surface area contributed by atoms with Crippen molar-refractivity contribution in [3.05, 3.63) is 34.9 Å². The molecule has 21 heavy (non-hydrogen) atoms. The zero-order chi connectivity index (χ0) is 15.6. The van der Waals surface area contributed by atoms with E-state index in [1.807, 2.05) is 0 Å².